The SMILES string of the molecule is C[Si](C)(C)[N-][Si](C)(C)C.C[Si](C)(C)[N-][Si](C)(C)C.C[Si](C)(C)[N-][Si](C)(C)C.[Y+3]. The van der Waals surface area contributed by atoms with E-state index in [2.05, 4.69) is 118 Å². The van der Waals surface area contributed by atoms with Crippen molar-refractivity contribution in [1.29, 1.82) is 0 Å². The van der Waals surface area contributed by atoms with Crippen LogP contribution in [0.2, 0.25) is 118 Å². The van der Waals surface area contributed by atoms with Crippen LogP contribution in [-0.4, -0.2) is 49.4 Å². The van der Waals surface area contributed by atoms with Crippen LogP contribution in [0, 0.1) is 0 Å². The summed E-state index contributed by atoms with van der Waals surface area (Å²) in [7, 11) is -6.64. The van der Waals surface area contributed by atoms with Crippen molar-refractivity contribution in [2.75, 3.05) is 0 Å². The molecular weight excluding hydrogens is 516 g/mol. The zero-order chi connectivity index (χ0) is 23.1. The Balaban J connectivity index is -0.000000152. The minimum absolute atomic E-state index is 0. The van der Waals surface area contributed by atoms with Gasteiger partial charge in [-0.05, 0) is 0 Å². The molecule has 0 unspecified atom stereocenters. The van der Waals surface area contributed by atoms with E-state index in [9.17, 15) is 0 Å². The molecule has 0 aromatic heterocycles. The first-order chi connectivity index (χ1) is 11.1. The van der Waals surface area contributed by atoms with Crippen molar-refractivity contribution in [3.8, 4) is 0 Å². The summed E-state index contributed by atoms with van der Waals surface area (Å²) < 4.78 is 14.5. The van der Waals surface area contributed by atoms with Crippen LogP contribution < -0.4 is 0 Å². The third-order valence-corrected chi connectivity index (χ3v) is 18.1. The normalized spacial score (nSPS) is 13.5. The van der Waals surface area contributed by atoms with Crippen LogP contribution in [-0.2, 0) is 32.7 Å². The number of rotatable bonds is 6. The van der Waals surface area contributed by atoms with Gasteiger partial charge in [0.2, 0.25) is 0 Å². The Bertz CT molecular complexity index is 297. The molecule has 0 N–H and O–H groups in total. The topological polar surface area (TPSA) is 42.3 Å². The van der Waals surface area contributed by atoms with Crippen LogP contribution >= 0.6 is 0 Å². The van der Waals surface area contributed by atoms with Crippen molar-refractivity contribution in [2.45, 2.75) is 118 Å². The molecule has 0 aromatic carbocycles. The molecule has 0 fully saturated rings. The molecule has 0 aliphatic rings. The zero-order valence-electron chi connectivity index (χ0n) is 22.9. The summed E-state index contributed by atoms with van der Waals surface area (Å²) >= 11 is 0. The van der Waals surface area contributed by atoms with Gasteiger partial charge < -0.3 is 13.9 Å². The Morgan fingerprint density at radius 2 is 0.321 bits per heavy atom. The molecule has 0 aliphatic carbocycles. The molecular formula is C18H54N3Si6Y. The minimum Gasteiger partial charge on any atom is -0.668 e. The predicted octanol–water partition coefficient (Wildman–Crippen LogP) is 9.09. The Hall–Kier alpha value is 2.29. The monoisotopic (exact) mass is 569 g/mol. The molecule has 28 heavy (non-hydrogen) atoms. The Morgan fingerprint density at radius 3 is 0.321 bits per heavy atom. The fourth-order valence-corrected chi connectivity index (χ4v) is 27.2. The predicted molar refractivity (Wildman–Crippen MR) is 150 cm³/mol. The van der Waals surface area contributed by atoms with Gasteiger partial charge in [-0.2, -0.15) is 0 Å². The van der Waals surface area contributed by atoms with E-state index in [0.29, 0.717) is 0 Å². The third kappa shape index (κ3) is 51.2. The number of hydrogen-bond acceptors (Lipinski definition) is 0. The summed E-state index contributed by atoms with van der Waals surface area (Å²) in [5, 5.41) is 0. The van der Waals surface area contributed by atoms with Gasteiger partial charge in [0.25, 0.3) is 0 Å². The van der Waals surface area contributed by atoms with E-state index in [1.807, 2.05) is 0 Å². The van der Waals surface area contributed by atoms with Crippen molar-refractivity contribution >= 4 is 49.4 Å². The standard InChI is InChI=1S/3C6H18NSi2.Y/c3*1-8(2,3)7-9(4,5)6;/h3*1-6H3;/q3*-1;+3. The molecule has 0 saturated heterocycles. The molecule has 3 nitrogen and oxygen atoms in total. The van der Waals surface area contributed by atoms with Crippen LogP contribution in [0.4, 0.5) is 0 Å². The summed E-state index contributed by atoms with van der Waals surface area (Å²) in [5.74, 6) is 0. The first kappa shape index (κ1) is 37.6. The summed E-state index contributed by atoms with van der Waals surface area (Å²) in [6.07, 6.45) is 0. The second-order valence-electron chi connectivity index (χ2n) is 13.4. The van der Waals surface area contributed by atoms with Gasteiger partial charge in [-0.15, -0.1) is 0 Å². The van der Waals surface area contributed by atoms with Gasteiger partial charge in [0, 0.05) is 0 Å². The molecule has 0 radical (unpaired) electrons. The summed E-state index contributed by atoms with van der Waals surface area (Å²) in [4.78, 5) is 0. The summed E-state index contributed by atoms with van der Waals surface area (Å²) in [5.41, 5.74) is 0. The van der Waals surface area contributed by atoms with Crippen LogP contribution in [0.25, 0.3) is 13.9 Å². The smallest absolute Gasteiger partial charge is 0.668 e. The average Bonchev–Trinajstić information content (AvgIpc) is 1.96. The van der Waals surface area contributed by atoms with Crippen LogP contribution in [0.15, 0.2) is 0 Å². The van der Waals surface area contributed by atoms with Crippen molar-refractivity contribution < 1.29 is 32.7 Å². The van der Waals surface area contributed by atoms with Gasteiger partial charge in [0.15, 0.2) is 0 Å². The molecule has 0 bridgehead atoms. The number of nitrogens with zero attached hydrogens (tertiary/aromatic N) is 3. The van der Waals surface area contributed by atoms with E-state index in [-0.39, 0.29) is 32.7 Å². The molecule has 0 amide bonds. The molecule has 0 saturated carbocycles. The van der Waals surface area contributed by atoms with Gasteiger partial charge in [0.1, 0.15) is 0 Å². The molecule has 0 aromatic rings. The quantitative estimate of drug-likeness (QED) is 0.286. The fraction of sp³-hybridized carbons (Fsp3) is 1.00. The first-order valence-corrected chi connectivity index (χ1v) is 31.0. The molecule has 168 valence electrons. The maximum Gasteiger partial charge on any atom is 3.00 e. The molecule has 0 rings (SSSR count). The van der Waals surface area contributed by atoms with E-state index in [1.165, 1.54) is 0 Å². The van der Waals surface area contributed by atoms with Gasteiger partial charge >= 0.3 is 32.7 Å². The van der Waals surface area contributed by atoms with Gasteiger partial charge in [-0.3, -0.25) is 0 Å². The van der Waals surface area contributed by atoms with Crippen molar-refractivity contribution in [3.63, 3.8) is 0 Å². The van der Waals surface area contributed by atoms with E-state index >= 15 is 0 Å². The van der Waals surface area contributed by atoms with Crippen molar-refractivity contribution in [3.05, 3.63) is 13.9 Å². The second kappa shape index (κ2) is 13.7. The van der Waals surface area contributed by atoms with Crippen LogP contribution in [0.1, 0.15) is 0 Å². The van der Waals surface area contributed by atoms with Crippen molar-refractivity contribution in [2.24, 2.45) is 0 Å². The van der Waals surface area contributed by atoms with E-state index in [0.717, 1.165) is 0 Å². The minimum atomic E-state index is -1.11. The van der Waals surface area contributed by atoms with Gasteiger partial charge in [-0.25, -0.2) is 0 Å². The zero-order valence-corrected chi connectivity index (χ0v) is 31.8. The van der Waals surface area contributed by atoms with E-state index in [1.54, 1.807) is 0 Å². The maximum absolute atomic E-state index is 4.82. The molecule has 0 heterocycles. The van der Waals surface area contributed by atoms with E-state index in [4.69, 9.17) is 13.9 Å². The largest absolute Gasteiger partial charge is 3.00 e. The molecule has 0 aliphatic heterocycles. The summed E-state index contributed by atoms with van der Waals surface area (Å²) in [6, 6.07) is 0. The van der Waals surface area contributed by atoms with Crippen LogP contribution in [0.3, 0.4) is 0 Å². The number of hydrogen-bond donors (Lipinski definition) is 0. The Morgan fingerprint density at radius 1 is 0.250 bits per heavy atom. The molecule has 10 heteroatoms. The maximum atomic E-state index is 4.82. The van der Waals surface area contributed by atoms with E-state index < -0.39 is 49.4 Å². The average molecular weight is 570 g/mol. The van der Waals surface area contributed by atoms with Crippen LogP contribution in [0.5, 0.6) is 0 Å². The first-order valence-electron chi connectivity index (χ1n) is 10.3. The van der Waals surface area contributed by atoms with Gasteiger partial charge in [0.05, 0.1) is 0 Å². The van der Waals surface area contributed by atoms with Gasteiger partial charge in [-0.1, -0.05) is 167 Å². The molecule has 0 atom stereocenters. The molecule has 0 spiro atoms. The summed E-state index contributed by atoms with van der Waals surface area (Å²) in [6.45, 7) is 41.3. The fourth-order valence-electron chi connectivity index (χ4n) is 3.02. The Labute approximate surface area is 212 Å². The van der Waals surface area contributed by atoms with Crippen molar-refractivity contribution in [1.82, 2.24) is 0 Å². The second-order valence-corrected chi connectivity index (χ2v) is 42.1. The Kier molecular flexibility index (Phi) is 18.5. The third-order valence-electron chi connectivity index (χ3n) is 2.01.